The molecule has 0 saturated heterocycles. The van der Waals surface area contributed by atoms with Crippen molar-refractivity contribution in [2.24, 2.45) is 0 Å². The number of rotatable bonds is 6. The van der Waals surface area contributed by atoms with Crippen LogP contribution < -0.4 is 10.2 Å². The highest BCUT2D eigenvalue weighted by molar-refractivity contribution is 5.69. The predicted molar refractivity (Wildman–Crippen MR) is 92.7 cm³/mol. The number of ether oxygens (including phenoxy) is 3. The van der Waals surface area contributed by atoms with Crippen LogP contribution in [0.25, 0.3) is 11.3 Å². The van der Waals surface area contributed by atoms with Crippen LogP contribution >= 0.6 is 0 Å². The monoisotopic (exact) mass is 329 g/mol. The summed E-state index contributed by atoms with van der Waals surface area (Å²) in [7, 11) is 3.25. The summed E-state index contributed by atoms with van der Waals surface area (Å²) in [6, 6.07) is 9.81. The van der Waals surface area contributed by atoms with Crippen molar-refractivity contribution in [1.82, 2.24) is 4.57 Å². The lowest BCUT2D eigenvalue weighted by atomic mass is 9.95. The fourth-order valence-corrected chi connectivity index (χ4v) is 3.17. The summed E-state index contributed by atoms with van der Waals surface area (Å²) in [6.07, 6.45) is 0.756. The van der Waals surface area contributed by atoms with Crippen LogP contribution in [0, 0.1) is 6.92 Å². The molecule has 1 aromatic carbocycles. The number of fused-ring (bicyclic) bond motifs is 3. The van der Waals surface area contributed by atoms with Crippen molar-refractivity contribution >= 4 is 0 Å². The minimum atomic E-state index is -0.168. The van der Waals surface area contributed by atoms with Gasteiger partial charge in [0.05, 0.1) is 12.3 Å². The molecule has 5 nitrogen and oxygen atoms in total. The topological polar surface area (TPSA) is 49.7 Å². The average molecular weight is 329 g/mol. The van der Waals surface area contributed by atoms with Gasteiger partial charge in [0.15, 0.2) is 11.3 Å². The maximum Gasteiger partial charge on any atom is 0.197 e. The van der Waals surface area contributed by atoms with Crippen molar-refractivity contribution in [2.75, 3.05) is 27.4 Å². The Hall–Kier alpha value is -2.11. The number of hydrogen-bond acceptors (Lipinski definition) is 4. The summed E-state index contributed by atoms with van der Waals surface area (Å²) in [5.74, 6) is 0.591. The van der Waals surface area contributed by atoms with Crippen molar-refractivity contribution in [3.8, 4) is 17.1 Å². The number of nitrogens with zero attached hydrogens (tertiary/aromatic N) is 1. The van der Waals surface area contributed by atoms with E-state index in [1.807, 2.05) is 19.1 Å². The lowest BCUT2D eigenvalue weighted by molar-refractivity contribution is -0.000948. The Balaban J connectivity index is 1.99. The van der Waals surface area contributed by atoms with Gasteiger partial charge in [0.25, 0.3) is 0 Å². The van der Waals surface area contributed by atoms with Gasteiger partial charge in [-0.3, -0.25) is 4.79 Å². The molecule has 2 heterocycles. The Morgan fingerprint density at radius 1 is 1.21 bits per heavy atom. The third-order valence-electron chi connectivity index (χ3n) is 4.50. The van der Waals surface area contributed by atoms with Crippen molar-refractivity contribution in [2.45, 2.75) is 26.0 Å². The third-order valence-corrected chi connectivity index (χ3v) is 4.50. The fourth-order valence-electron chi connectivity index (χ4n) is 3.17. The Kier molecular flexibility index (Phi) is 5.02. The van der Waals surface area contributed by atoms with Crippen LogP contribution in [0.5, 0.6) is 5.88 Å². The minimum Gasteiger partial charge on any atom is -0.476 e. The molecule has 3 rings (SSSR count). The zero-order valence-electron chi connectivity index (χ0n) is 14.4. The molecule has 1 aromatic heterocycles. The number of aryl methyl sites for hydroxylation is 1. The van der Waals surface area contributed by atoms with E-state index in [4.69, 9.17) is 14.2 Å². The van der Waals surface area contributed by atoms with Gasteiger partial charge in [0.2, 0.25) is 0 Å². The van der Waals surface area contributed by atoms with E-state index in [0.717, 1.165) is 29.8 Å². The molecular weight excluding hydrogens is 306 g/mol. The van der Waals surface area contributed by atoms with Crippen molar-refractivity contribution in [3.05, 3.63) is 51.7 Å². The van der Waals surface area contributed by atoms with Crippen molar-refractivity contribution < 1.29 is 14.2 Å². The summed E-state index contributed by atoms with van der Waals surface area (Å²) in [5.41, 5.74) is 4.10. The molecule has 0 spiro atoms. The molecule has 2 aromatic rings. The Labute approximate surface area is 141 Å². The molecule has 5 heteroatoms. The molecule has 1 aliphatic heterocycles. The molecule has 24 heavy (non-hydrogen) atoms. The van der Waals surface area contributed by atoms with E-state index < -0.39 is 0 Å². The molecule has 0 amide bonds. The normalized spacial score (nSPS) is 14.0. The number of benzene rings is 1. The van der Waals surface area contributed by atoms with E-state index in [0.29, 0.717) is 19.1 Å². The smallest absolute Gasteiger partial charge is 0.197 e. The second-order valence-corrected chi connectivity index (χ2v) is 6.00. The first-order valence-electron chi connectivity index (χ1n) is 8.13. The third kappa shape index (κ3) is 3.09. The molecule has 1 unspecified atom stereocenters. The zero-order valence-corrected chi connectivity index (χ0v) is 14.4. The molecule has 1 aliphatic rings. The van der Waals surface area contributed by atoms with Gasteiger partial charge in [-0.25, -0.2) is 0 Å². The molecule has 0 aliphatic carbocycles. The molecule has 1 atom stereocenters. The predicted octanol–water partition coefficient (Wildman–Crippen LogP) is 2.42. The fraction of sp³-hybridized carbons (Fsp3) is 0.421. The quantitative estimate of drug-likeness (QED) is 0.817. The van der Waals surface area contributed by atoms with Crippen LogP contribution in [-0.4, -0.2) is 38.1 Å². The van der Waals surface area contributed by atoms with E-state index in [2.05, 4.69) is 16.7 Å². The Morgan fingerprint density at radius 2 is 2.00 bits per heavy atom. The van der Waals surface area contributed by atoms with Gasteiger partial charge in [-0.05, 0) is 18.9 Å². The first kappa shape index (κ1) is 16.7. The summed E-state index contributed by atoms with van der Waals surface area (Å²) in [6.45, 7) is 3.46. The average Bonchev–Trinajstić information content (AvgIpc) is 2.61. The summed E-state index contributed by atoms with van der Waals surface area (Å²) >= 11 is 0. The highest BCUT2D eigenvalue weighted by Crippen LogP contribution is 2.33. The van der Waals surface area contributed by atoms with Crippen LogP contribution in [-0.2, 0) is 22.4 Å². The van der Waals surface area contributed by atoms with Gasteiger partial charge in [-0.1, -0.05) is 24.3 Å². The largest absolute Gasteiger partial charge is 0.476 e. The number of methoxy groups -OCH3 is 2. The lowest BCUT2D eigenvalue weighted by Crippen LogP contribution is -2.28. The van der Waals surface area contributed by atoms with E-state index in [1.165, 1.54) is 5.56 Å². The molecule has 0 radical (unpaired) electrons. The highest BCUT2D eigenvalue weighted by Gasteiger charge is 2.22. The highest BCUT2D eigenvalue weighted by atomic mass is 16.6. The first-order chi connectivity index (χ1) is 11.7. The minimum absolute atomic E-state index is 0.00587. The maximum atomic E-state index is 12.4. The van der Waals surface area contributed by atoms with E-state index in [9.17, 15) is 4.79 Å². The van der Waals surface area contributed by atoms with Crippen LogP contribution in [0.2, 0.25) is 0 Å². The standard InChI is InChI=1S/C19H23NO4/c1-13-17(21)10-18(24-12-15(23-3)11-22-2)20-9-8-14-6-4-5-7-16(14)19(13)20/h4-7,10,15H,8-9,11-12H2,1-3H3. The lowest BCUT2D eigenvalue weighted by Gasteiger charge is -2.27. The van der Waals surface area contributed by atoms with Crippen LogP contribution in [0.3, 0.4) is 0 Å². The van der Waals surface area contributed by atoms with Gasteiger partial charge in [-0.2, -0.15) is 0 Å². The summed E-state index contributed by atoms with van der Waals surface area (Å²) in [4.78, 5) is 12.4. The molecule has 0 saturated carbocycles. The number of aromatic nitrogens is 1. The van der Waals surface area contributed by atoms with Gasteiger partial charge in [0.1, 0.15) is 12.7 Å². The van der Waals surface area contributed by atoms with E-state index in [-0.39, 0.29) is 11.5 Å². The van der Waals surface area contributed by atoms with Crippen LogP contribution in [0.1, 0.15) is 11.1 Å². The Morgan fingerprint density at radius 3 is 2.75 bits per heavy atom. The molecule has 128 valence electrons. The number of hydrogen-bond donors (Lipinski definition) is 0. The first-order valence-corrected chi connectivity index (χ1v) is 8.13. The molecule has 0 bridgehead atoms. The van der Waals surface area contributed by atoms with Crippen LogP contribution in [0.15, 0.2) is 35.1 Å². The molecule has 0 N–H and O–H groups in total. The van der Waals surface area contributed by atoms with E-state index in [1.54, 1.807) is 20.3 Å². The second kappa shape index (κ2) is 7.20. The SMILES string of the molecule is COCC(COc1cc(=O)c(C)c2n1CCc1ccccc1-2)OC. The van der Waals surface area contributed by atoms with Gasteiger partial charge in [0, 0.05) is 38.0 Å². The van der Waals surface area contributed by atoms with Gasteiger partial charge < -0.3 is 18.8 Å². The van der Waals surface area contributed by atoms with Crippen molar-refractivity contribution in [1.29, 1.82) is 0 Å². The Bertz CT molecular complexity index is 781. The summed E-state index contributed by atoms with van der Waals surface area (Å²) < 4.78 is 18.5. The van der Waals surface area contributed by atoms with Gasteiger partial charge in [-0.15, -0.1) is 0 Å². The molecular formula is C19H23NO4. The second-order valence-electron chi connectivity index (χ2n) is 6.00. The van der Waals surface area contributed by atoms with Gasteiger partial charge >= 0.3 is 0 Å². The zero-order chi connectivity index (χ0) is 17.1. The van der Waals surface area contributed by atoms with E-state index >= 15 is 0 Å². The molecule has 0 fully saturated rings. The van der Waals surface area contributed by atoms with Crippen molar-refractivity contribution in [3.63, 3.8) is 0 Å². The number of pyridine rings is 1. The van der Waals surface area contributed by atoms with Crippen LogP contribution in [0.4, 0.5) is 0 Å². The maximum absolute atomic E-state index is 12.4. The summed E-state index contributed by atoms with van der Waals surface area (Å²) in [5, 5.41) is 0.